The molecule has 1 saturated heterocycles. The van der Waals surface area contributed by atoms with E-state index in [2.05, 4.69) is 21.7 Å². The van der Waals surface area contributed by atoms with Crippen LogP contribution in [0.3, 0.4) is 0 Å². The van der Waals surface area contributed by atoms with Gasteiger partial charge in [-0.3, -0.25) is 4.79 Å². The zero-order valence-electron chi connectivity index (χ0n) is 15.7. The van der Waals surface area contributed by atoms with Crippen molar-refractivity contribution in [2.75, 3.05) is 18.4 Å². The largest absolute Gasteiger partial charge is 0.359 e. The van der Waals surface area contributed by atoms with Gasteiger partial charge >= 0.3 is 0 Å². The van der Waals surface area contributed by atoms with Crippen LogP contribution in [-0.2, 0) is 4.79 Å². The molecule has 1 aromatic carbocycles. The molecular weight excluding hydrogens is 394 g/mol. The highest BCUT2D eigenvalue weighted by Gasteiger charge is 2.29. The zero-order chi connectivity index (χ0) is 19.5. The van der Waals surface area contributed by atoms with E-state index in [0.717, 1.165) is 53.9 Å². The summed E-state index contributed by atoms with van der Waals surface area (Å²) in [6, 6.07) is 8.56. The van der Waals surface area contributed by atoms with E-state index in [9.17, 15) is 4.79 Å². The number of halogens is 1. The van der Waals surface area contributed by atoms with Crippen molar-refractivity contribution in [3.05, 3.63) is 23.2 Å². The molecule has 2 aliphatic rings. The lowest BCUT2D eigenvalue weighted by Gasteiger charge is -2.30. The van der Waals surface area contributed by atoms with E-state index < -0.39 is 0 Å². The van der Waals surface area contributed by atoms with Crippen LogP contribution in [0, 0.1) is 11.3 Å². The summed E-state index contributed by atoms with van der Waals surface area (Å²) in [5, 5.41) is 17.7. The lowest BCUT2D eigenvalue weighted by Crippen LogP contribution is -2.45. The van der Waals surface area contributed by atoms with Crippen molar-refractivity contribution in [2.24, 2.45) is 0 Å². The maximum absolute atomic E-state index is 12.4. The number of nitrogens with zero attached hydrogens (tertiary/aromatic N) is 3. The third-order valence-corrected chi connectivity index (χ3v) is 6.87. The Morgan fingerprint density at radius 2 is 2.07 bits per heavy atom. The monoisotopic (exact) mass is 417 g/mol. The normalized spacial score (nSPS) is 25.0. The van der Waals surface area contributed by atoms with Gasteiger partial charge in [-0.05, 0) is 56.7 Å². The number of carbonyl (C=O) groups excluding carboxylic acids is 1. The third-order valence-electron chi connectivity index (χ3n) is 5.67. The first-order valence-corrected chi connectivity index (χ1v) is 11.1. The molecule has 1 atom stereocenters. The van der Waals surface area contributed by atoms with Crippen LogP contribution in [0.2, 0.25) is 5.02 Å². The molecule has 8 heteroatoms. The molecule has 2 heterocycles. The summed E-state index contributed by atoms with van der Waals surface area (Å²) >= 11 is 7.70. The molecule has 1 amide bonds. The number of carbonyl (C=O) groups is 1. The maximum Gasteiger partial charge on any atom is 0.237 e. The summed E-state index contributed by atoms with van der Waals surface area (Å²) in [5.41, 5.74) is 0.937. The van der Waals surface area contributed by atoms with Gasteiger partial charge in [0, 0.05) is 23.7 Å². The van der Waals surface area contributed by atoms with Gasteiger partial charge in [0.2, 0.25) is 5.91 Å². The topological polar surface area (TPSA) is 81.0 Å². The van der Waals surface area contributed by atoms with Crippen molar-refractivity contribution in [2.45, 2.75) is 56.7 Å². The van der Waals surface area contributed by atoms with Crippen LogP contribution in [0.1, 0.15) is 38.5 Å². The Labute approximate surface area is 173 Å². The van der Waals surface area contributed by atoms with Gasteiger partial charge in [-0.25, -0.2) is 4.98 Å². The second kappa shape index (κ2) is 8.64. The number of nitriles is 1. The van der Waals surface area contributed by atoms with Gasteiger partial charge in [-0.2, -0.15) is 5.26 Å². The number of benzene rings is 1. The minimum Gasteiger partial charge on any atom is -0.359 e. The highest BCUT2D eigenvalue weighted by molar-refractivity contribution is 7.22. The van der Waals surface area contributed by atoms with Crippen LogP contribution in [0.4, 0.5) is 5.13 Å². The predicted octanol–water partition coefficient (Wildman–Crippen LogP) is 3.78. The minimum atomic E-state index is -0.238. The summed E-state index contributed by atoms with van der Waals surface area (Å²) < 4.78 is 1.14. The van der Waals surface area contributed by atoms with E-state index in [1.807, 2.05) is 18.2 Å². The Morgan fingerprint density at radius 1 is 1.29 bits per heavy atom. The molecule has 1 aliphatic heterocycles. The zero-order valence-corrected chi connectivity index (χ0v) is 17.2. The number of aromatic nitrogens is 1. The number of anilines is 1. The van der Waals surface area contributed by atoms with E-state index in [1.54, 1.807) is 16.2 Å². The van der Waals surface area contributed by atoms with Crippen molar-refractivity contribution >= 4 is 44.2 Å². The van der Waals surface area contributed by atoms with Gasteiger partial charge in [-0.15, -0.1) is 0 Å². The van der Waals surface area contributed by atoms with Gasteiger partial charge in [0.1, 0.15) is 6.04 Å². The summed E-state index contributed by atoms with van der Waals surface area (Å²) in [6.45, 7) is 1.04. The van der Waals surface area contributed by atoms with Crippen LogP contribution in [0.25, 0.3) is 10.2 Å². The quantitative estimate of drug-likeness (QED) is 0.773. The van der Waals surface area contributed by atoms with Crippen LogP contribution in [-0.4, -0.2) is 47.0 Å². The molecule has 0 unspecified atom stereocenters. The summed E-state index contributed by atoms with van der Waals surface area (Å²) in [5.74, 6) is 0.0532. The van der Waals surface area contributed by atoms with Gasteiger partial charge in [0.15, 0.2) is 5.13 Å². The van der Waals surface area contributed by atoms with Gasteiger partial charge in [0.25, 0.3) is 0 Å². The highest BCUT2D eigenvalue weighted by atomic mass is 35.5. The number of amides is 1. The SMILES string of the molecule is N#C[C@@H]1CCCN1C(=O)CNC1CCC(Nc2nc3cc(Cl)ccc3s2)CC1. The lowest BCUT2D eigenvalue weighted by atomic mass is 9.91. The van der Waals surface area contributed by atoms with Gasteiger partial charge in [-0.1, -0.05) is 22.9 Å². The number of fused-ring (bicyclic) bond motifs is 1. The van der Waals surface area contributed by atoms with Crippen LogP contribution < -0.4 is 10.6 Å². The number of rotatable bonds is 5. The Kier molecular flexibility index (Phi) is 6.00. The Balaban J connectivity index is 1.23. The lowest BCUT2D eigenvalue weighted by molar-refractivity contribution is -0.130. The van der Waals surface area contributed by atoms with Crippen LogP contribution >= 0.6 is 22.9 Å². The van der Waals surface area contributed by atoms with E-state index in [-0.39, 0.29) is 11.9 Å². The van der Waals surface area contributed by atoms with Gasteiger partial charge < -0.3 is 15.5 Å². The molecule has 1 saturated carbocycles. The second-order valence-corrected chi connectivity index (χ2v) is 9.05. The number of hydrogen-bond acceptors (Lipinski definition) is 6. The average molecular weight is 418 g/mol. The van der Waals surface area contributed by atoms with E-state index in [0.29, 0.717) is 30.2 Å². The molecule has 148 valence electrons. The van der Waals surface area contributed by atoms with Crippen molar-refractivity contribution in [1.82, 2.24) is 15.2 Å². The molecule has 1 aliphatic carbocycles. The second-order valence-electron chi connectivity index (χ2n) is 7.58. The predicted molar refractivity (Wildman–Crippen MR) is 113 cm³/mol. The molecular formula is C20H24ClN5OS. The summed E-state index contributed by atoms with van der Waals surface area (Å²) in [6.07, 6.45) is 5.89. The first-order chi connectivity index (χ1) is 13.6. The van der Waals surface area contributed by atoms with Gasteiger partial charge in [0.05, 0.1) is 22.8 Å². The number of thiazole rings is 1. The molecule has 1 aromatic heterocycles. The highest BCUT2D eigenvalue weighted by Crippen LogP contribution is 2.30. The summed E-state index contributed by atoms with van der Waals surface area (Å²) in [7, 11) is 0. The molecule has 0 radical (unpaired) electrons. The molecule has 2 fully saturated rings. The smallest absolute Gasteiger partial charge is 0.237 e. The Bertz CT molecular complexity index is 886. The number of nitrogens with one attached hydrogen (secondary N) is 2. The molecule has 2 aromatic rings. The third kappa shape index (κ3) is 4.40. The standard InChI is InChI=1S/C20H24ClN5OS/c21-13-3-8-18-17(10-13)25-20(28-18)24-15-6-4-14(5-7-15)23-12-19(27)26-9-1-2-16(26)11-22/h3,8,10,14-16,23H,1-2,4-7,9,12H2,(H,24,25)/t14?,15?,16-/m0/s1. The molecule has 0 bridgehead atoms. The molecule has 28 heavy (non-hydrogen) atoms. The molecule has 2 N–H and O–H groups in total. The van der Waals surface area contributed by atoms with Crippen molar-refractivity contribution in [3.8, 4) is 6.07 Å². The van der Waals surface area contributed by atoms with Crippen LogP contribution in [0.15, 0.2) is 18.2 Å². The molecule has 6 nitrogen and oxygen atoms in total. The molecule has 0 spiro atoms. The van der Waals surface area contributed by atoms with E-state index in [1.165, 1.54) is 0 Å². The fourth-order valence-corrected chi connectivity index (χ4v) is 5.20. The fraction of sp³-hybridized carbons (Fsp3) is 0.550. The first-order valence-electron chi connectivity index (χ1n) is 9.87. The Hall–Kier alpha value is -1.88. The van der Waals surface area contributed by atoms with E-state index >= 15 is 0 Å². The fourth-order valence-electron chi connectivity index (χ4n) is 4.11. The van der Waals surface area contributed by atoms with E-state index in [4.69, 9.17) is 16.9 Å². The Morgan fingerprint density at radius 3 is 2.86 bits per heavy atom. The summed E-state index contributed by atoms with van der Waals surface area (Å²) in [4.78, 5) is 18.7. The number of hydrogen-bond donors (Lipinski definition) is 2. The van der Waals surface area contributed by atoms with Crippen molar-refractivity contribution in [1.29, 1.82) is 5.26 Å². The average Bonchev–Trinajstić information content (AvgIpc) is 3.33. The molecule has 4 rings (SSSR count). The van der Waals surface area contributed by atoms with Crippen molar-refractivity contribution < 1.29 is 4.79 Å². The number of likely N-dealkylation sites (tertiary alicyclic amines) is 1. The van der Waals surface area contributed by atoms with Crippen molar-refractivity contribution in [3.63, 3.8) is 0 Å². The maximum atomic E-state index is 12.4. The minimum absolute atomic E-state index is 0.0532. The van der Waals surface area contributed by atoms with Crippen LogP contribution in [0.5, 0.6) is 0 Å². The first kappa shape index (κ1) is 19.4.